The Morgan fingerprint density at radius 3 is 2.32 bits per heavy atom. The van der Waals surface area contributed by atoms with Gasteiger partial charge in [0.2, 0.25) is 0 Å². The SMILES string of the molecule is CCNC(=O)NCc1cccc(-c2cccc([C@@H]3O[C@H](CN(C)C[C@@H](O)c4cccc(O)c4)[C@H](C)[C@H](c4ccc(CO)cc4)O3)c2)c1. The summed E-state index contributed by atoms with van der Waals surface area (Å²) in [6.45, 7) is 5.85. The lowest BCUT2D eigenvalue weighted by molar-refractivity contribution is -0.276. The summed E-state index contributed by atoms with van der Waals surface area (Å²) >= 11 is 0. The summed E-state index contributed by atoms with van der Waals surface area (Å²) in [6, 6.07) is 30.5. The normalized spacial score (nSPS) is 20.1. The van der Waals surface area contributed by atoms with Crippen molar-refractivity contribution in [3.05, 3.63) is 125 Å². The van der Waals surface area contributed by atoms with E-state index < -0.39 is 12.4 Å². The van der Waals surface area contributed by atoms with Gasteiger partial charge in [0.15, 0.2) is 6.29 Å². The number of nitrogens with one attached hydrogen (secondary N) is 2. The molecule has 0 saturated carbocycles. The zero-order valence-electron chi connectivity index (χ0n) is 27.2. The maximum atomic E-state index is 11.9. The molecule has 47 heavy (non-hydrogen) atoms. The highest BCUT2D eigenvalue weighted by atomic mass is 16.7. The van der Waals surface area contributed by atoms with Crippen molar-refractivity contribution in [3.8, 4) is 16.9 Å². The molecule has 2 amide bonds. The maximum Gasteiger partial charge on any atom is 0.315 e. The van der Waals surface area contributed by atoms with Gasteiger partial charge in [0.05, 0.1) is 24.9 Å². The summed E-state index contributed by atoms with van der Waals surface area (Å²) in [5.74, 6) is 0.0948. The number of phenolic OH excluding ortho intramolecular Hbond substituents is 1. The van der Waals surface area contributed by atoms with Crippen LogP contribution in [0.25, 0.3) is 11.1 Å². The highest BCUT2D eigenvalue weighted by Gasteiger charge is 2.39. The van der Waals surface area contributed by atoms with Gasteiger partial charge in [-0.1, -0.05) is 79.7 Å². The quantitative estimate of drug-likeness (QED) is 0.132. The second-order valence-corrected chi connectivity index (χ2v) is 12.2. The molecule has 5 N–H and O–H groups in total. The van der Waals surface area contributed by atoms with Crippen LogP contribution in [0.4, 0.5) is 4.79 Å². The minimum atomic E-state index is -0.775. The Hall–Kier alpha value is -4.25. The third-order valence-corrected chi connectivity index (χ3v) is 8.56. The van der Waals surface area contributed by atoms with E-state index in [1.807, 2.05) is 79.5 Å². The largest absolute Gasteiger partial charge is 0.508 e. The van der Waals surface area contributed by atoms with Crippen LogP contribution >= 0.6 is 0 Å². The van der Waals surface area contributed by atoms with Crippen molar-refractivity contribution in [2.75, 3.05) is 26.7 Å². The number of carbonyl (C=O) groups is 1. The molecule has 5 atom stereocenters. The number of hydrogen-bond acceptors (Lipinski definition) is 7. The van der Waals surface area contributed by atoms with E-state index in [9.17, 15) is 20.1 Å². The van der Waals surface area contributed by atoms with Crippen LogP contribution in [-0.4, -0.2) is 59.0 Å². The number of carbonyl (C=O) groups excluding carboxylic acids is 1. The maximum absolute atomic E-state index is 11.9. The van der Waals surface area contributed by atoms with Crippen molar-refractivity contribution in [2.24, 2.45) is 5.92 Å². The fourth-order valence-corrected chi connectivity index (χ4v) is 5.97. The molecule has 1 aliphatic rings. The minimum absolute atomic E-state index is 0.0242. The molecule has 248 valence electrons. The smallest absolute Gasteiger partial charge is 0.315 e. The highest BCUT2D eigenvalue weighted by molar-refractivity contribution is 5.74. The molecule has 0 aliphatic carbocycles. The van der Waals surface area contributed by atoms with Crippen molar-refractivity contribution >= 4 is 6.03 Å². The van der Waals surface area contributed by atoms with Gasteiger partial charge in [0.1, 0.15) is 5.75 Å². The number of aliphatic hydroxyl groups is 2. The van der Waals surface area contributed by atoms with Crippen molar-refractivity contribution in [2.45, 2.75) is 51.6 Å². The average Bonchev–Trinajstić information content (AvgIpc) is 3.08. The number of nitrogens with zero attached hydrogens (tertiary/aromatic N) is 1. The zero-order chi connectivity index (χ0) is 33.3. The van der Waals surface area contributed by atoms with E-state index in [0.717, 1.165) is 33.4 Å². The second kappa shape index (κ2) is 16.0. The number of benzene rings is 4. The molecular weight excluding hydrogens is 594 g/mol. The van der Waals surface area contributed by atoms with Crippen molar-refractivity contribution in [1.82, 2.24) is 15.5 Å². The van der Waals surface area contributed by atoms with E-state index in [0.29, 0.717) is 31.7 Å². The van der Waals surface area contributed by atoms with Crippen LogP contribution in [0.5, 0.6) is 5.75 Å². The van der Waals surface area contributed by atoms with Gasteiger partial charge in [-0.3, -0.25) is 0 Å². The fraction of sp³-hybridized carbons (Fsp3) is 0.342. The van der Waals surface area contributed by atoms with Crippen LogP contribution in [0, 0.1) is 5.92 Å². The highest BCUT2D eigenvalue weighted by Crippen LogP contribution is 2.42. The first-order valence-corrected chi connectivity index (χ1v) is 16.1. The van der Waals surface area contributed by atoms with Crippen LogP contribution in [0.3, 0.4) is 0 Å². The fourth-order valence-electron chi connectivity index (χ4n) is 5.97. The summed E-state index contributed by atoms with van der Waals surface area (Å²) in [4.78, 5) is 14.0. The third-order valence-electron chi connectivity index (χ3n) is 8.56. The molecule has 0 bridgehead atoms. The topological polar surface area (TPSA) is 124 Å². The first-order valence-electron chi connectivity index (χ1n) is 16.1. The molecule has 5 rings (SSSR count). The van der Waals surface area contributed by atoms with Crippen molar-refractivity contribution < 1.29 is 29.6 Å². The lowest BCUT2D eigenvalue weighted by atomic mass is 9.89. The van der Waals surface area contributed by atoms with E-state index in [1.54, 1.807) is 24.3 Å². The Kier molecular flexibility index (Phi) is 11.6. The molecular formula is C38H45N3O6. The van der Waals surface area contributed by atoms with Crippen LogP contribution in [0.1, 0.15) is 60.2 Å². The zero-order valence-corrected chi connectivity index (χ0v) is 27.2. The molecule has 1 fully saturated rings. The molecule has 1 heterocycles. The van der Waals surface area contributed by atoms with Gasteiger partial charge in [-0.25, -0.2) is 4.79 Å². The van der Waals surface area contributed by atoms with Crippen molar-refractivity contribution in [3.63, 3.8) is 0 Å². The lowest BCUT2D eigenvalue weighted by Crippen LogP contribution is -2.44. The summed E-state index contributed by atoms with van der Waals surface area (Å²) in [7, 11) is 1.95. The summed E-state index contributed by atoms with van der Waals surface area (Å²) < 4.78 is 13.4. The number of hydrogen-bond donors (Lipinski definition) is 5. The molecule has 0 radical (unpaired) electrons. The average molecular weight is 640 g/mol. The van der Waals surface area contributed by atoms with Gasteiger partial charge in [0.25, 0.3) is 0 Å². The number of ether oxygens (including phenoxy) is 2. The third kappa shape index (κ3) is 8.97. The van der Waals surface area contributed by atoms with Gasteiger partial charge in [-0.15, -0.1) is 0 Å². The predicted octanol–water partition coefficient (Wildman–Crippen LogP) is 5.83. The minimum Gasteiger partial charge on any atom is -0.508 e. The first kappa shape index (κ1) is 34.1. The number of aliphatic hydroxyl groups excluding tert-OH is 2. The molecule has 0 spiro atoms. The van der Waals surface area contributed by atoms with Gasteiger partial charge in [-0.05, 0) is 71.6 Å². The van der Waals surface area contributed by atoms with Gasteiger partial charge < -0.3 is 40.3 Å². The summed E-state index contributed by atoms with van der Waals surface area (Å²) in [5.41, 5.74) is 6.36. The van der Waals surface area contributed by atoms with E-state index >= 15 is 0 Å². The van der Waals surface area contributed by atoms with E-state index in [4.69, 9.17) is 9.47 Å². The molecule has 9 heteroatoms. The number of rotatable bonds is 12. The Balaban J connectivity index is 1.37. The Morgan fingerprint density at radius 1 is 0.872 bits per heavy atom. The van der Waals surface area contributed by atoms with Crippen LogP contribution in [-0.2, 0) is 22.6 Å². The predicted molar refractivity (Wildman–Crippen MR) is 181 cm³/mol. The standard InChI is InChI=1S/C38H45N3O6/c1-4-39-38(45)40-21-27-8-5-9-29(18-27)30-10-6-12-32(19-30)37-46-35(23-41(3)22-34(44)31-11-7-13-33(43)20-31)25(2)36(47-37)28-16-14-26(24-42)15-17-28/h5-20,25,34-37,42-44H,4,21-24H2,1-3H3,(H2,39,40,45)/t25-,34+,35+,36+,37+/m0/s1. The van der Waals surface area contributed by atoms with Gasteiger partial charge >= 0.3 is 6.03 Å². The number of urea groups is 1. The second-order valence-electron chi connectivity index (χ2n) is 12.2. The Bertz CT molecular complexity index is 1610. The Morgan fingerprint density at radius 2 is 1.60 bits per heavy atom. The first-order chi connectivity index (χ1) is 22.7. The number of likely N-dealkylation sites (N-methyl/N-ethyl adjacent to an activating group) is 1. The van der Waals surface area contributed by atoms with Crippen LogP contribution < -0.4 is 10.6 Å². The molecule has 1 saturated heterocycles. The van der Waals surface area contributed by atoms with Crippen LogP contribution in [0.15, 0.2) is 97.1 Å². The van der Waals surface area contributed by atoms with E-state index in [-0.39, 0.29) is 36.5 Å². The molecule has 9 nitrogen and oxygen atoms in total. The van der Waals surface area contributed by atoms with Crippen LogP contribution in [0.2, 0.25) is 0 Å². The number of amides is 2. The van der Waals surface area contributed by atoms with Gasteiger partial charge in [-0.2, -0.15) is 0 Å². The number of phenols is 1. The van der Waals surface area contributed by atoms with E-state index in [2.05, 4.69) is 29.7 Å². The molecule has 4 aromatic carbocycles. The number of aromatic hydroxyl groups is 1. The Labute approximate surface area is 276 Å². The molecule has 4 aromatic rings. The summed E-state index contributed by atoms with van der Waals surface area (Å²) in [5, 5.41) is 36.0. The molecule has 0 unspecified atom stereocenters. The van der Waals surface area contributed by atoms with Crippen molar-refractivity contribution in [1.29, 1.82) is 0 Å². The molecule has 0 aromatic heterocycles. The summed E-state index contributed by atoms with van der Waals surface area (Å²) in [6.07, 6.45) is -1.93. The van der Waals surface area contributed by atoms with E-state index in [1.165, 1.54) is 0 Å². The molecule has 1 aliphatic heterocycles. The van der Waals surface area contributed by atoms with Gasteiger partial charge in [0, 0.05) is 37.7 Å². The lowest BCUT2D eigenvalue weighted by Gasteiger charge is -2.42. The monoisotopic (exact) mass is 639 g/mol.